The smallest absolute Gasteiger partial charge is 0.217 e. The van der Waals surface area contributed by atoms with Crippen LogP contribution in [0.1, 0.15) is 24.4 Å². The fraction of sp³-hybridized carbons (Fsp3) is 0.250. The Balaban J connectivity index is 2.52. The maximum atomic E-state index is 12.9. The molecule has 4 heteroatoms. The highest BCUT2D eigenvalue weighted by Gasteiger charge is 2.26. The fourth-order valence-corrected chi connectivity index (χ4v) is 1.44. The molecule has 0 spiro atoms. The van der Waals surface area contributed by atoms with Crippen LogP contribution in [0.25, 0.3) is 11.0 Å². The average molecular weight is 221 g/mol. The van der Waals surface area contributed by atoms with E-state index < -0.39 is 5.54 Å². The molecule has 0 unspecified atom stereocenters. The normalized spacial score (nSPS) is 12.0. The van der Waals surface area contributed by atoms with Crippen molar-refractivity contribution in [3.63, 3.8) is 0 Å². The monoisotopic (exact) mass is 221 g/mol. The Morgan fingerprint density at radius 3 is 2.69 bits per heavy atom. The van der Waals surface area contributed by atoms with Gasteiger partial charge in [-0.1, -0.05) is 0 Å². The number of rotatable bonds is 2. The molecule has 0 radical (unpaired) electrons. The van der Waals surface area contributed by atoms with Crippen LogP contribution in [0.2, 0.25) is 0 Å². The molecule has 0 amide bonds. The lowest BCUT2D eigenvalue weighted by atomic mass is 9.99. The fourth-order valence-electron chi connectivity index (χ4n) is 1.44. The number of furan rings is 1. The van der Waals surface area contributed by atoms with E-state index in [2.05, 4.69) is 0 Å². The zero-order chi connectivity index (χ0) is 11.9. The van der Waals surface area contributed by atoms with Crippen LogP contribution in [-0.2, 0) is 0 Å². The lowest BCUT2D eigenvalue weighted by molar-refractivity contribution is 0.0887. The standard InChI is InChI=1S/C12H12FNO2/c1-12(2,14)11(15)10-6-7-5-8(13)3-4-9(7)16-10/h3-6H,14H2,1-2H3. The van der Waals surface area contributed by atoms with Crippen LogP contribution in [0.4, 0.5) is 4.39 Å². The summed E-state index contributed by atoms with van der Waals surface area (Å²) in [5.41, 5.74) is 5.17. The molecule has 2 rings (SSSR count). The van der Waals surface area contributed by atoms with Crippen molar-refractivity contribution in [1.29, 1.82) is 0 Å². The summed E-state index contributed by atoms with van der Waals surface area (Å²) in [4.78, 5) is 11.8. The minimum absolute atomic E-state index is 0.160. The van der Waals surface area contributed by atoms with Crippen LogP contribution in [-0.4, -0.2) is 11.3 Å². The summed E-state index contributed by atoms with van der Waals surface area (Å²) in [6, 6.07) is 5.60. The lowest BCUT2D eigenvalue weighted by Crippen LogP contribution is -2.41. The van der Waals surface area contributed by atoms with Gasteiger partial charge in [0.1, 0.15) is 11.4 Å². The summed E-state index contributed by atoms with van der Waals surface area (Å²) in [5.74, 6) is -0.503. The minimum Gasteiger partial charge on any atom is -0.453 e. The Labute approximate surface area is 92.0 Å². The van der Waals surface area contributed by atoms with Gasteiger partial charge in [0.25, 0.3) is 0 Å². The van der Waals surface area contributed by atoms with Gasteiger partial charge in [-0.05, 0) is 38.1 Å². The zero-order valence-corrected chi connectivity index (χ0v) is 9.08. The van der Waals surface area contributed by atoms with Crippen molar-refractivity contribution in [2.75, 3.05) is 0 Å². The topological polar surface area (TPSA) is 56.2 Å². The second-order valence-electron chi connectivity index (χ2n) is 4.34. The predicted octanol–water partition coefficient (Wildman–Crippen LogP) is 2.49. The largest absolute Gasteiger partial charge is 0.453 e. The summed E-state index contributed by atoms with van der Waals surface area (Å²) >= 11 is 0. The molecule has 0 saturated heterocycles. The molecular weight excluding hydrogens is 209 g/mol. The molecule has 0 atom stereocenters. The van der Waals surface area contributed by atoms with E-state index in [1.54, 1.807) is 13.8 Å². The van der Waals surface area contributed by atoms with Crippen LogP contribution in [0.3, 0.4) is 0 Å². The number of ketones is 1. The highest BCUT2D eigenvalue weighted by atomic mass is 19.1. The summed E-state index contributed by atoms with van der Waals surface area (Å²) in [6.07, 6.45) is 0. The van der Waals surface area contributed by atoms with Gasteiger partial charge in [0.05, 0.1) is 5.54 Å². The first-order valence-corrected chi connectivity index (χ1v) is 4.91. The van der Waals surface area contributed by atoms with Crippen molar-refractivity contribution in [2.45, 2.75) is 19.4 Å². The Morgan fingerprint density at radius 2 is 2.06 bits per heavy atom. The third-order valence-electron chi connectivity index (χ3n) is 2.29. The molecule has 0 aliphatic rings. The number of fused-ring (bicyclic) bond motifs is 1. The highest BCUT2D eigenvalue weighted by Crippen LogP contribution is 2.22. The predicted molar refractivity (Wildman–Crippen MR) is 58.8 cm³/mol. The molecular formula is C12H12FNO2. The third-order valence-corrected chi connectivity index (χ3v) is 2.29. The van der Waals surface area contributed by atoms with Gasteiger partial charge in [0.15, 0.2) is 5.76 Å². The first kappa shape index (κ1) is 10.8. The molecule has 0 aliphatic carbocycles. The van der Waals surface area contributed by atoms with Crippen LogP contribution in [0.5, 0.6) is 0 Å². The van der Waals surface area contributed by atoms with E-state index in [0.717, 1.165) is 0 Å². The van der Waals surface area contributed by atoms with E-state index in [4.69, 9.17) is 10.2 Å². The van der Waals surface area contributed by atoms with E-state index in [1.165, 1.54) is 24.3 Å². The molecule has 3 nitrogen and oxygen atoms in total. The van der Waals surface area contributed by atoms with Gasteiger partial charge in [-0.15, -0.1) is 0 Å². The number of nitrogens with two attached hydrogens (primary N) is 1. The second kappa shape index (κ2) is 3.42. The Bertz CT molecular complexity index is 552. The first-order chi connectivity index (χ1) is 7.38. The number of Topliss-reactive ketones (excluding diaryl/α,β-unsaturated/α-hetero) is 1. The maximum Gasteiger partial charge on any atom is 0.217 e. The van der Waals surface area contributed by atoms with E-state index in [1.807, 2.05) is 0 Å². The Hall–Kier alpha value is -1.68. The van der Waals surface area contributed by atoms with E-state index >= 15 is 0 Å². The number of hydrogen-bond acceptors (Lipinski definition) is 3. The average Bonchev–Trinajstić information content (AvgIpc) is 2.57. The van der Waals surface area contributed by atoms with Crippen molar-refractivity contribution in [3.8, 4) is 0 Å². The van der Waals surface area contributed by atoms with Gasteiger partial charge in [-0.3, -0.25) is 4.79 Å². The molecule has 1 aromatic carbocycles. The molecule has 2 N–H and O–H groups in total. The third kappa shape index (κ3) is 1.84. The van der Waals surface area contributed by atoms with Crippen molar-refractivity contribution in [3.05, 3.63) is 35.8 Å². The van der Waals surface area contributed by atoms with Crippen LogP contribution < -0.4 is 5.73 Å². The Kier molecular flexibility index (Phi) is 2.31. The van der Waals surface area contributed by atoms with E-state index in [0.29, 0.717) is 11.0 Å². The molecule has 0 fully saturated rings. The second-order valence-corrected chi connectivity index (χ2v) is 4.34. The number of benzene rings is 1. The molecule has 84 valence electrons. The van der Waals surface area contributed by atoms with Crippen LogP contribution >= 0.6 is 0 Å². The van der Waals surface area contributed by atoms with Crippen molar-refractivity contribution in [2.24, 2.45) is 5.73 Å². The summed E-state index contributed by atoms with van der Waals surface area (Å²) < 4.78 is 18.2. The Morgan fingerprint density at radius 1 is 1.38 bits per heavy atom. The number of carbonyl (C=O) groups is 1. The maximum absolute atomic E-state index is 12.9. The quantitative estimate of drug-likeness (QED) is 0.792. The van der Waals surface area contributed by atoms with Gasteiger partial charge in [0, 0.05) is 5.39 Å². The zero-order valence-electron chi connectivity index (χ0n) is 9.08. The highest BCUT2D eigenvalue weighted by molar-refractivity contribution is 6.03. The first-order valence-electron chi connectivity index (χ1n) is 4.91. The molecule has 0 bridgehead atoms. The molecule has 2 aromatic rings. The van der Waals surface area contributed by atoms with Gasteiger partial charge in [-0.25, -0.2) is 4.39 Å². The number of hydrogen-bond donors (Lipinski definition) is 1. The van der Waals surface area contributed by atoms with E-state index in [-0.39, 0.29) is 17.4 Å². The van der Waals surface area contributed by atoms with Crippen molar-refractivity contribution < 1.29 is 13.6 Å². The molecule has 1 aromatic heterocycles. The molecule has 0 aliphatic heterocycles. The van der Waals surface area contributed by atoms with E-state index in [9.17, 15) is 9.18 Å². The van der Waals surface area contributed by atoms with Crippen molar-refractivity contribution in [1.82, 2.24) is 0 Å². The van der Waals surface area contributed by atoms with Crippen LogP contribution in [0.15, 0.2) is 28.7 Å². The van der Waals surface area contributed by atoms with Gasteiger partial charge >= 0.3 is 0 Å². The lowest BCUT2D eigenvalue weighted by Gasteiger charge is -2.13. The summed E-state index contributed by atoms with van der Waals surface area (Å²) in [5, 5.41) is 0.563. The van der Waals surface area contributed by atoms with Gasteiger partial charge in [0.2, 0.25) is 5.78 Å². The van der Waals surface area contributed by atoms with Crippen molar-refractivity contribution >= 4 is 16.8 Å². The number of halogens is 1. The molecule has 16 heavy (non-hydrogen) atoms. The van der Waals surface area contributed by atoms with Crippen LogP contribution in [0, 0.1) is 5.82 Å². The minimum atomic E-state index is -0.994. The summed E-state index contributed by atoms with van der Waals surface area (Å²) in [7, 11) is 0. The van der Waals surface area contributed by atoms with Gasteiger partial charge < -0.3 is 10.2 Å². The summed E-state index contributed by atoms with van der Waals surface area (Å²) in [6.45, 7) is 3.20. The number of carbonyl (C=O) groups excluding carboxylic acids is 1. The molecule has 1 heterocycles. The van der Waals surface area contributed by atoms with Gasteiger partial charge in [-0.2, -0.15) is 0 Å². The molecule has 0 saturated carbocycles. The SMILES string of the molecule is CC(C)(N)C(=O)c1cc2cc(F)ccc2o1.